The van der Waals surface area contributed by atoms with Gasteiger partial charge in [-0.25, -0.2) is 0 Å². The molecule has 0 spiro atoms. The number of carbonyl (C=O) groups is 1. The van der Waals surface area contributed by atoms with Gasteiger partial charge < -0.3 is 24.3 Å². The van der Waals surface area contributed by atoms with Crippen molar-refractivity contribution in [2.24, 2.45) is 0 Å². The van der Waals surface area contributed by atoms with Gasteiger partial charge in [-0.05, 0) is 65.9 Å². The molecule has 0 radical (unpaired) electrons. The van der Waals surface area contributed by atoms with Crippen LogP contribution in [-0.2, 0) is 6.42 Å². The van der Waals surface area contributed by atoms with Gasteiger partial charge in [0.2, 0.25) is 12.5 Å². The Bertz CT molecular complexity index is 1520. The van der Waals surface area contributed by atoms with Crippen molar-refractivity contribution in [1.82, 2.24) is 25.1 Å². The average molecular weight is 515 g/mol. The summed E-state index contributed by atoms with van der Waals surface area (Å²) in [7, 11) is 5.21. The molecule has 0 saturated heterocycles. The van der Waals surface area contributed by atoms with Crippen LogP contribution in [0.5, 0.6) is 23.0 Å². The number of nitrogens with one attached hydrogen (secondary N) is 1. The number of amides is 1. The fourth-order valence-electron chi connectivity index (χ4n) is 5.03. The molecule has 1 amide bonds. The number of hydrogen-bond donors (Lipinski definition) is 1. The number of anilines is 1. The Morgan fingerprint density at radius 3 is 2.79 bits per heavy atom. The van der Waals surface area contributed by atoms with Gasteiger partial charge in [0.1, 0.15) is 11.8 Å². The maximum atomic E-state index is 13.1. The van der Waals surface area contributed by atoms with Crippen molar-refractivity contribution in [3.8, 4) is 28.7 Å². The van der Waals surface area contributed by atoms with Gasteiger partial charge in [-0.3, -0.25) is 9.69 Å². The molecule has 0 aliphatic carbocycles. The third-order valence-electron chi connectivity index (χ3n) is 6.84. The molecule has 0 bridgehead atoms. The number of para-hydroxylation sites is 2. The molecule has 1 N–H and O–H groups in total. The van der Waals surface area contributed by atoms with Gasteiger partial charge in [0.05, 0.1) is 25.6 Å². The second-order valence-corrected chi connectivity index (χ2v) is 9.00. The molecule has 6 rings (SSSR count). The van der Waals surface area contributed by atoms with E-state index in [4.69, 9.17) is 18.9 Å². The summed E-state index contributed by atoms with van der Waals surface area (Å²) >= 11 is 0. The molecule has 194 valence electrons. The smallest absolute Gasteiger partial charge is 0.255 e. The fourth-order valence-corrected chi connectivity index (χ4v) is 5.03. The number of ether oxygens (including phenoxy) is 4. The number of hydrogen-bond acceptors (Lipinski definition) is 9. The van der Waals surface area contributed by atoms with Crippen LogP contribution in [0, 0.1) is 0 Å². The summed E-state index contributed by atoms with van der Waals surface area (Å²) in [6.45, 7) is 0.936. The molecule has 1 atom stereocenters. The van der Waals surface area contributed by atoms with E-state index >= 15 is 0 Å². The van der Waals surface area contributed by atoms with Crippen LogP contribution in [0.4, 0.5) is 5.69 Å². The minimum atomic E-state index is -0.315. The zero-order chi connectivity index (χ0) is 26.2. The van der Waals surface area contributed by atoms with Crippen LogP contribution in [0.15, 0.2) is 54.6 Å². The van der Waals surface area contributed by atoms with Gasteiger partial charge in [-0.1, -0.05) is 18.2 Å². The summed E-state index contributed by atoms with van der Waals surface area (Å²) in [6, 6.07) is 16.1. The Hall–Kier alpha value is -4.64. The number of nitrogens with zero attached hydrogens (tertiary/aromatic N) is 5. The molecule has 0 unspecified atom stereocenters. The van der Waals surface area contributed by atoms with Crippen molar-refractivity contribution in [1.29, 1.82) is 0 Å². The van der Waals surface area contributed by atoms with Crippen LogP contribution in [0.1, 0.15) is 33.4 Å². The van der Waals surface area contributed by atoms with E-state index in [9.17, 15) is 4.79 Å². The van der Waals surface area contributed by atoms with Crippen LogP contribution in [0.25, 0.3) is 5.69 Å². The molecular weight excluding hydrogens is 488 g/mol. The van der Waals surface area contributed by atoms with Gasteiger partial charge in [-0.2, -0.15) is 4.68 Å². The topological polar surface area (TPSA) is 113 Å². The lowest BCUT2D eigenvalue weighted by atomic mass is 9.90. The Labute approximate surface area is 218 Å². The van der Waals surface area contributed by atoms with Crippen LogP contribution >= 0.6 is 0 Å². The average Bonchev–Trinajstić information content (AvgIpc) is 3.62. The Morgan fingerprint density at radius 1 is 1.08 bits per heavy atom. The summed E-state index contributed by atoms with van der Waals surface area (Å²) in [5.74, 6) is 2.77. The number of carbonyl (C=O) groups excluding carboxylic acids is 1. The largest absolute Gasteiger partial charge is 0.495 e. The van der Waals surface area contributed by atoms with Crippen molar-refractivity contribution < 1.29 is 23.7 Å². The quantitative estimate of drug-likeness (QED) is 0.414. The predicted molar refractivity (Wildman–Crippen MR) is 137 cm³/mol. The number of likely N-dealkylation sites (N-methyl/N-ethyl adjacent to an activating group) is 1. The van der Waals surface area contributed by atoms with E-state index < -0.39 is 0 Å². The monoisotopic (exact) mass is 514 g/mol. The lowest BCUT2D eigenvalue weighted by molar-refractivity contribution is 0.102. The van der Waals surface area contributed by atoms with E-state index in [0.29, 0.717) is 45.8 Å². The van der Waals surface area contributed by atoms with E-state index in [1.165, 1.54) is 0 Å². The number of tetrazole rings is 1. The highest BCUT2D eigenvalue weighted by Crippen LogP contribution is 2.50. The fraction of sp³-hybridized carbons (Fsp3) is 0.259. The minimum absolute atomic E-state index is 0.149. The number of methoxy groups -OCH3 is 2. The lowest BCUT2D eigenvalue weighted by Gasteiger charge is -2.34. The normalized spacial score (nSPS) is 16.1. The first-order chi connectivity index (χ1) is 18.6. The van der Waals surface area contributed by atoms with Gasteiger partial charge in [0.25, 0.3) is 5.91 Å². The Morgan fingerprint density at radius 2 is 1.95 bits per heavy atom. The molecular formula is C27H26N6O5. The zero-order valence-corrected chi connectivity index (χ0v) is 21.2. The number of rotatable bonds is 6. The molecule has 3 aromatic carbocycles. The predicted octanol–water partition coefficient (Wildman–Crippen LogP) is 3.24. The van der Waals surface area contributed by atoms with Gasteiger partial charge in [0.15, 0.2) is 17.3 Å². The number of aromatic nitrogens is 4. The molecule has 11 nitrogen and oxygen atoms in total. The number of fused-ring (bicyclic) bond motifs is 2. The molecule has 2 aliphatic heterocycles. The molecule has 1 aromatic heterocycles. The summed E-state index contributed by atoms with van der Waals surface area (Å²) in [4.78, 5) is 15.3. The first kappa shape index (κ1) is 23.7. The van der Waals surface area contributed by atoms with E-state index in [2.05, 4.69) is 25.7 Å². The highest BCUT2D eigenvalue weighted by Gasteiger charge is 2.37. The molecule has 0 saturated carbocycles. The van der Waals surface area contributed by atoms with E-state index in [0.717, 1.165) is 24.1 Å². The zero-order valence-electron chi connectivity index (χ0n) is 21.2. The Kier molecular flexibility index (Phi) is 6.04. The molecule has 0 fully saturated rings. The van der Waals surface area contributed by atoms with Gasteiger partial charge in [-0.15, -0.1) is 5.10 Å². The highest BCUT2D eigenvalue weighted by atomic mass is 16.7. The van der Waals surface area contributed by atoms with Crippen molar-refractivity contribution in [3.05, 3.63) is 77.1 Å². The third-order valence-corrected chi connectivity index (χ3v) is 6.84. The first-order valence-electron chi connectivity index (χ1n) is 12.1. The van der Waals surface area contributed by atoms with Gasteiger partial charge >= 0.3 is 0 Å². The first-order valence-corrected chi connectivity index (χ1v) is 12.1. The summed E-state index contributed by atoms with van der Waals surface area (Å²) in [5.41, 5.74) is 3.71. The number of benzene rings is 3. The second-order valence-electron chi connectivity index (χ2n) is 9.00. The maximum Gasteiger partial charge on any atom is 0.255 e. The van der Waals surface area contributed by atoms with E-state index in [-0.39, 0.29) is 18.7 Å². The SMILES string of the molecule is COc1ccccc1NC(=O)c1cccc(-n2nnnc2[C@@H]2c3c(cc4c(c3OC)OCO4)CCN2C)c1. The van der Waals surface area contributed by atoms with Crippen molar-refractivity contribution in [2.75, 3.05) is 39.9 Å². The maximum absolute atomic E-state index is 13.1. The van der Waals surface area contributed by atoms with Gasteiger partial charge in [0, 0.05) is 17.7 Å². The third kappa shape index (κ3) is 3.97. The molecule has 2 aliphatic rings. The summed E-state index contributed by atoms with van der Waals surface area (Å²) < 4.78 is 24.2. The molecule has 11 heteroatoms. The standard InChI is InChI=1S/C27H26N6O5/c1-32-12-11-16-14-21-24(38-15-37-21)25(36-3)22(16)23(32)26-29-30-31-33(26)18-8-6-7-17(13-18)27(34)28-19-9-4-5-10-20(19)35-2/h4-10,13-14,23H,11-12,15H2,1-3H3,(H,28,34)/t23-/m0/s1. The second kappa shape index (κ2) is 9.67. The molecule has 3 heterocycles. The van der Waals surface area contributed by atoms with Crippen molar-refractivity contribution >= 4 is 11.6 Å². The molecule has 4 aromatic rings. The minimum Gasteiger partial charge on any atom is -0.495 e. The van der Waals surface area contributed by atoms with E-state index in [1.807, 2.05) is 31.3 Å². The van der Waals surface area contributed by atoms with Crippen LogP contribution in [-0.4, -0.2) is 65.6 Å². The molecule has 38 heavy (non-hydrogen) atoms. The highest BCUT2D eigenvalue weighted by molar-refractivity contribution is 6.05. The van der Waals surface area contributed by atoms with Crippen LogP contribution in [0.3, 0.4) is 0 Å². The van der Waals surface area contributed by atoms with Crippen LogP contribution < -0.4 is 24.3 Å². The summed E-state index contributed by atoms with van der Waals surface area (Å²) in [6.07, 6.45) is 0.815. The van der Waals surface area contributed by atoms with Crippen molar-refractivity contribution in [3.63, 3.8) is 0 Å². The summed E-state index contributed by atoms with van der Waals surface area (Å²) in [5, 5.41) is 15.6. The van der Waals surface area contributed by atoms with Crippen LogP contribution in [0.2, 0.25) is 0 Å². The van der Waals surface area contributed by atoms with E-state index in [1.54, 1.807) is 49.2 Å². The Balaban J connectivity index is 1.38. The van der Waals surface area contributed by atoms with Crippen molar-refractivity contribution in [2.45, 2.75) is 12.5 Å². The lowest BCUT2D eigenvalue weighted by Crippen LogP contribution is -2.35.